The lowest BCUT2D eigenvalue weighted by atomic mass is 10.0. The third-order valence-electron chi connectivity index (χ3n) is 3.04. The van der Waals surface area contributed by atoms with Crippen molar-refractivity contribution in [2.24, 2.45) is 0 Å². The molecule has 0 aromatic heterocycles. The van der Waals surface area contributed by atoms with Gasteiger partial charge in [-0.05, 0) is 25.0 Å². The van der Waals surface area contributed by atoms with E-state index in [4.69, 9.17) is 0 Å². The summed E-state index contributed by atoms with van der Waals surface area (Å²) in [6.07, 6.45) is -4.40. The zero-order chi connectivity index (χ0) is 15.8. The van der Waals surface area contributed by atoms with E-state index in [1.165, 1.54) is 12.1 Å². The molecule has 0 bridgehead atoms. The predicted octanol–water partition coefficient (Wildman–Crippen LogP) is 3.29. The summed E-state index contributed by atoms with van der Waals surface area (Å²) in [5.41, 5.74) is -0.715. The number of ketones is 1. The van der Waals surface area contributed by atoms with Gasteiger partial charge in [-0.2, -0.15) is 13.2 Å². The smallest absolute Gasteiger partial charge is 0.416 e. The van der Waals surface area contributed by atoms with Crippen molar-refractivity contribution < 1.29 is 27.9 Å². The van der Waals surface area contributed by atoms with E-state index < -0.39 is 27.9 Å². The number of Topliss-reactive ketones (excluding diaryl/α,β-unsaturated/α-hetero) is 1. The molecule has 3 nitrogen and oxygen atoms in total. The first-order valence-electron chi connectivity index (χ1n) is 6.01. The second kappa shape index (κ2) is 5.55. The van der Waals surface area contributed by atoms with Crippen LogP contribution >= 0.6 is 11.8 Å². The molecule has 0 radical (unpaired) electrons. The van der Waals surface area contributed by atoms with E-state index in [-0.39, 0.29) is 17.8 Å². The molecule has 1 aliphatic heterocycles. The van der Waals surface area contributed by atoms with Gasteiger partial charge in [0, 0.05) is 0 Å². The van der Waals surface area contributed by atoms with Crippen molar-refractivity contribution in [3.63, 3.8) is 0 Å². The zero-order valence-corrected chi connectivity index (χ0v) is 11.7. The number of halogens is 3. The van der Waals surface area contributed by atoms with Gasteiger partial charge in [-0.1, -0.05) is 30.0 Å². The molecule has 0 amide bonds. The van der Waals surface area contributed by atoms with Gasteiger partial charge in [-0.3, -0.25) is 9.59 Å². The van der Waals surface area contributed by atoms with Crippen molar-refractivity contribution in [3.05, 3.63) is 46.7 Å². The Morgan fingerprint density at radius 1 is 1.38 bits per heavy atom. The van der Waals surface area contributed by atoms with Crippen LogP contribution in [-0.4, -0.2) is 21.3 Å². The quantitative estimate of drug-likeness (QED) is 0.870. The van der Waals surface area contributed by atoms with Crippen LogP contribution in [0.3, 0.4) is 0 Å². The molecule has 0 aliphatic carbocycles. The molecule has 112 valence electrons. The van der Waals surface area contributed by atoms with Crippen molar-refractivity contribution in [2.45, 2.75) is 24.8 Å². The molecule has 2 rings (SSSR count). The highest BCUT2D eigenvalue weighted by molar-refractivity contribution is 8.15. The molecule has 21 heavy (non-hydrogen) atoms. The van der Waals surface area contributed by atoms with Gasteiger partial charge in [0.15, 0.2) is 5.78 Å². The van der Waals surface area contributed by atoms with Crippen molar-refractivity contribution in [1.82, 2.24) is 0 Å². The Kier molecular flexibility index (Phi) is 4.13. The summed E-state index contributed by atoms with van der Waals surface area (Å²) in [4.78, 5) is 22.8. The Hall–Kier alpha value is -1.76. The number of hydrogen-bond donors (Lipinski definition) is 1. The van der Waals surface area contributed by atoms with Crippen LogP contribution in [0.25, 0.3) is 0 Å². The Bertz CT molecular complexity index is 635. The van der Waals surface area contributed by atoms with Gasteiger partial charge >= 0.3 is 6.18 Å². The fourth-order valence-corrected chi connectivity index (χ4v) is 3.19. The van der Waals surface area contributed by atoms with Crippen molar-refractivity contribution >= 4 is 22.7 Å². The lowest BCUT2D eigenvalue weighted by Gasteiger charge is -2.11. The van der Waals surface area contributed by atoms with Gasteiger partial charge in [-0.25, -0.2) is 0 Å². The molecular formula is C14H11F3O3S. The van der Waals surface area contributed by atoms with Crippen LogP contribution in [0.4, 0.5) is 13.2 Å². The fourth-order valence-electron chi connectivity index (χ4n) is 2.06. The molecule has 7 heteroatoms. The molecule has 0 spiro atoms. The number of carbonyl (C=O) groups excluding carboxylic acids is 2. The monoisotopic (exact) mass is 316 g/mol. The minimum Gasteiger partial charge on any atom is -0.510 e. The van der Waals surface area contributed by atoms with Crippen LogP contribution in [0, 0.1) is 0 Å². The minimum absolute atomic E-state index is 0.0446. The van der Waals surface area contributed by atoms with E-state index in [1.54, 1.807) is 0 Å². The van der Waals surface area contributed by atoms with E-state index in [0.29, 0.717) is 5.56 Å². The van der Waals surface area contributed by atoms with Gasteiger partial charge < -0.3 is 5.11 Å². The number of rotatable bonds is 3. The Morgan fingerprint density at radius 2 is 2.05 bits per heavy atom. The molecule has 1 aromatic rings. The number of alkyl halides is 3. The first kappa shape index (κ1) is 15.6. The number of carbonyl (C=O) groups is 2. The second-order valence-corrected chi connectivity index (χ2v) is 5.79. The van der Waals surface area contributed by atoms with E-state index in [9.17, 15) is 27.9 Å². The van der Waals surface area contributed by atoms with Crippen LogP contribution in [0.1, 0.15) is 18.1 Å². The molecule has 0 fully saturated rings. The van der Waals surface area contributed by atoms with Crippen molar-refractivity contribution in [2.75, 3.05) is 0 Å². The Morgan fingerprint density at radius 3 is 2.57 bits per heavy atom. The number of aliphatic hydroxyl groups is 1. The Balaban J connectivity index is 2.24. The van der Waals surface area contributed by atoms with Gasteiger partial charge in [0.25, 0.3) is 0 Å². The first-order chi connectivity index (χ1) is 9.70. The molecule has 1 aliphatic rings. The van der Waals surface area contributed by atoms with Gasteiger partial charge in [0.1, 0.15) is 11.3 Å². The molecule has 1 heterocycles. The predicted molar refractivity (Wildman–Crippen MR) is 71.9 cm³/mol. The first-order valence-corrected chi connectivity index (χ1v) is 6.89. The number of thioether (sulfide) groups is 1. The number of hydrogen-bond acceptors (Lipinski definition) is 4. The minimum atomic E-state index is -4.45. The standard InChI is InChI=1S/C14H11F3O3S/c1-7(18)11-12(19)10(21-13(11)20)6-8-3-2-4-9(5-8)14(15,16)17/h2-5,10,19H,6H2,1H3. The summed E-state index contributed by atoms with van der Waals surface area (Å²) in [6, 6.07) is 4.68. The van der Waals surface area contributed by atoms with E-state index in [0.717, 1.165) is 30.8 Å². The van der Waals surface area contributed by atoms with Crippen LogP contribution in [0.2, 0.25) is 0 Å². The van der Waals surface area contributed by atoms with E-state index in [2.05, 4.69) is 0 Å². The highest BCUT2D eigenvalue weighted by Crippen LogP contribution is 2.36. The lowest BCUT2D eigenvalue weighted by molar-refractivity contribution is -0.137. The normalized spacial score (nSPS) is 19.2. The van der Waals surface area contributed by atoms with Crippen molar-refractivity contribution in [1.29, 1.82) is 0 Å². The maximum Gasteiger partial charge on any atom is 0.416 e. The maximum absolute atomic E-state index is 12.6. The molecular weight excluding hydrogens is 305 g/mol. The average molecular weight is 316 g/mol. The average Bonchev–Trinajstić information content (AvgIpc) is 2.63. The van der Waals surface area contributed by atoms with Gasteiger partial charge in [0.2, 0.25) is 5.12 Å². The molecule has 1 unspecified atom stereocenters. The highest BCUT2D eigenvalue weighted by Gasteiger charge is 2.36. The second-order valence-electron chi connectivity index (χ2n) is 4.61. The van der Waals surface area contributed by atoms with Crippen LogP contribution < -0.4 is 0 Å². The molecule has 1 aromatic carbocycles. The van der Waals surface area contributed by atoms with Crippen molar-refractivity contribution in [3.8, 4) is 0 Å². The van der Waals surface area contributed by atoms with Gasteiger partial charge in [-0.15, -0.1) is 0 Å². The molecule has 1 atom stereocenters. The fraction of sp³-hybridized carbons (Fsp3) is 0.286. The summed E-state index contributed by atoms with van der Waals surface area (Å²) in [5.74, 6) is -0.897. The molecule has 1 N–H and O–H groups in total. The molecule has 0 saturated heterocycles. The lowest BCUT2D eigenvalue weighted by Crippen LogP contribution is -2.10. The van der Waals surface area contributed by atoms with Gasteiger partial charge in [0.05, 0.1) is 10.8 Å². The van der Waals surface area contributed by atoms with E-state index >= 15 is 0 Å². The SMILES string of the molecule is CC(=O)C1=C(O)C(Cc2cccc(C(F)(F)F)c2)SC1=O. The summed E-state index contributed by atoms with van der Waals surface area (Å²) >= 11 is 0.753. The summed E-state index contributed by atoms with van der Waals surface area (Å²) < 4.78 is 37.9. The van der Waals surface area contributed by atoms with E-state index in [1.807, 2.05) is 0 Å². The number of benzene rings is 1. The third kappa shape index (κ3) is 3.29. The Labute approximate surface area is 122 Å². The van der Waals surface area contributed by atoms with Crippen LogP contribution in [0.15, 0.2) is 35.6 Å². The maximum atomic E-state index is 12.6. The highest BCUT2D eigenvalue weighted by atomic mass is 32.2. The summed E-state index contributed by atoms with van der Waals surface area (Å²) in [7, 11) is 0. The zero-order valence-electron chi connectivity index (χ0n) is 10.9. The van der Waals surface area contributed by atoms with Crippen LogP contribution in [-0.2, 0) is 22.2 Å². The third-order valence-corrected chi connectivity index (χ3v) is 4.13. The largest absolute Gasteiger partial charge is 0.510 e. The molecule has 0 saturated carbocycles. The topological polar surface area (TPSA) is 54.4 Å². The number of aliphatic hydroxyl groups excluding tert-OH is 1. The van der Waals surface area contributed by atoms with Crippen LogP contribution in [0.5, 0.6) is 0 Å². The summed E-state index contributed by atoms with van der Waals surface area (Å²) in [5, 5.41) is 8.61. The summed E-state index contributed by atoms with van der Waals surface area (Å²) in [6.45, 7) is 1.16.